The minimum absolute atomic E-state index is 0.194. The van der Waals surface area contributed by atoms with Crippen LogP contribution in [0.3, 0.4) is 0 Å². The number of carbonyl (C=O) groups excluding carboxylic acids is 2. The van der Waals surface area contributed by atoms with Crippen LogP contribution in [0, 0.1) is 16.7 Å². The molecule has 178 valence electrons. The highest BCUT2D eigenvalue weighted by atomic mass is 79.9. The van der Waals surface area contributed by atoms with E-state index < -0.39 is 27.2 Å². The smallest absolute Gasteiger partial charge is 0.247 e. The van der Waals surface area contributed by atoms with E-state index in [9.17, 15) is 14.7 Å². The molecular formula is C28H31BrN2O3. The van der Waals surface area contributed by atoms with Gasteiger partial charge in [0.15, 0.2) is 0 Å². The molecule has 1 saturated heterocycles. The Morgan fingerprint density at radius 1 is 0.912 bits per heavy atom. The van der Waals surface area contributed by atoms with Gasteiger partial charge in [0.1, 0.15) is 4.32 Å². The molecule has 3 N–H and O–H groups in total. The van der Waals surface area contributed by atoms with E-state index in [0.717, 1.165) is 41.5 Å². The number of rotatable bonds is 7. The molecule has 2 amide bonds. The zero-order valence-corrected chi connectivity index (χ0v) is 21.2. The van der Waals surface area contributed by atoms with Crippen LogP contribution in [0.5, 0.6) is 0 Å². The standard InChI is InChI=1S/C28H31BrN2O3/c1-26-20(18-12-6-3-7-13-18)21(19-14-8-4-9-15-19)27(2,24(26)33)28(29)22(26)23(32)31(25(28)34)17-11-5-10-16-30/h3-4,6-9,12-15,22,24,33H,5,10-11,16-17,30H2,1-2H3. The van der Waals surface area contributed by atoms with Gasteiger partial charge in [-0.3, -0.25) is 14.5 Å². The number of benzene rings is 2. The van der Waals surface area contributed by atoms with Crippen molar-refractivity contribution in [1.82, 2.24) is 4.90 Å². The van der Waals surface area contributed by atoms with E-state index in [4.69, 9.17) is 5.73 Å². The molecule has 2 aromatic carbocycles. The fourth-order valence-corrected chi connectivity index (χ4v) is 8.24. The van der Waals surface area contributed by atoms with Crippen molar-refractivity contribution < 1.29 is 14.7 Å². The summed E-state index contributed by atoms with van der Waals surface area (Å²) in [7, 11) is 0. The maximum Gasteiger partial charge on any atom is 0.247 e. The molecule has 2 fully saturated rings. The Morgan fingerprint density at radius 3 is 2.03 bits per heavy atom. The summed E-state index contributed by atoms with van der Waals surface area (Å²) in [6.45, 7) is 4.89. The van der Waals surface area contributed by atoms with E-state index in [1.165, 1.54) is 4.90 Å². The number of nitrogens with zero attached hydrogens (tertiary/aromatic N) is 1. The third kappa shape index (κ3) is 2.73. The van der Waals surface area contributed by atoms with Crippen LogP contribution >= 0.6 is 15.9 Å². The lowest BCUT2D eigenvalue weighted by molar-refractivity contribution is -0.142. The van der Waals surface area contributed by atoms with Crippen LogP contribution in [0.25, 0.3) is 11.1 Å². The van der Waals surface area contributed by atoms with E-state index in [2.05, 4.69) is 15.9 Å². The number of hydrogen-bond acceptors (Lipinski definition) is 4. The topological polar surface area (TPSA) is 83.6 Å². The largest absolute Gasteiger partial charge is 0.391 e. The Kier molecular flexibility index (Phi) is 5.62. The average molecular weight is 523 g/mol. The minimum atomic E-state index is -1.21. The van der Waals surface area contributed by atoms with Crippen molar-refractivity contribution in [2.24, 2.45) is 22.5 Å². The molecule has 1 aliphatic heterocycles. The predicted molar refractivity (Wildman–Crippen MR) is 137 cm³/mol. The molecule has 1 saturated carbocycles. The number of fused-ring (bicyclic) bond motifs is 5. The Bertz CT molecular complexity index is 1170. The zero-order valence-electron chi connectivity index (χ0n) is 19.6. The number of amides is 2. The summed E-state index contributed by atoms with van der Waals surface area (Å²) in [5.41, 5.74) is 7.54. The first-order chi connectivity index (χ1) is 16.3. The summed E-state index contributed by atoms with van der Waals surface area (Å²) in [6, 6.07) is 19.9. The van der Waals surface area contributed by atoms with Gasteiger partial charge in [-0.2, -0.15) is 0 Å². The molecule has 1 heterocycles. The molecule has 0 spiro atoms. The lowest BCUT2D eigenvalue weighted by Crippen LogP contribution is -2.51. The van der Waals surface area contributed by atoms with E-state index in [-0.39, 0.29) is 11.8 Å². The molecule has 5 unspecified atom stereocenters. The Labute approximate surface area is 209 Å². The third-order valence-corrected chi connectivity index (χ3v) is 10.1. The minimum Gasteiger partial charge on any atom is -0.391 e. The highest BCUT2D eigenvalue weighted by Gasteiger charge is 2.85. The molecular weight excluding hydrogens is 492 g/mol. The monoisotopic (exact) mass is 522 g/mol. The number of imide groups is 1. The van der Waals surface area contributed by atoms with Crippen molar-refractivity contribution in [2.75, 3.05) is 13.1 Å². The van der Waals surface area contributed by atoms with Gasteiger partial charge in [-0.25, -0.2) is 0 Å². The first-order valence-corrected chi connectivity index (χ1v) is 12.8. The number of nitrogens with two attached hydrogens (primary N) is 1. The van der Waals surface area contributed by atoms with E-state index in [1.807, 2.05) is 74.5 Å². The summed E-state index contributed by atoms with van der Waals surface area (Å²) in [5.74, 6) is -1.12. The second-order valence-corrected chi connectivity index (χ2v) is 11.4. The number of halogens is 1. The van der Waals surface area contributed by atoms with Gasteiger partial charge in [0.25, 0.3) is 0 Å². The highest BCUT2D eigenvalue weighted by molar-refractivity contribution is 9.10. The van der Waals surface area contributed by atoms with Crippen LogP contribution in [-0.2, 0) is 9.59 Å². The van der Waals surface area contributed by atoms with Crippen LogP contribution in [0.2, 0.25) is 0 Å². The highest BCUT2D eigenvalue weighted by Crippen LogP contribution is 2.79. The second-order valence-electron chi connectivity index (χ2n) is 10.2. The zero-order chi connectivity index (χ0) is 24.3. The number of carbonyl (C=O) groups is 2. The number of hydrogen-bond donors (Lipinski definition) is 2. The molecule has 2 aromatic rings. The summed E-state index contributed by atoms with van der Waals surface area (Å²) < 4.78 is -1.21. The SMILES string of the molecule is CC12C(c3ccccc3)=C(c3ccccc3)C(C)(C1O)C1(Br)C(=O)N(CCCCCN)C(=O)C21. The first kappa shape index (κ1) is 23.5. The molecule has 2 bridgehead atoms. The molecule has 34 heavy (non-hydrogen) atoms. The van der Waals surface area contributed by atoms with Crippen molar-refractivity contribution in [3.05, 3.63) is 71.8 Å². The molecule has 0 aromatic heterocycles. The number of unbranched alkanes of at least 4 members (excludes halogenated alkanes) is 2. The predicted octanol–water partition coefficient (Wildman–Crippen LogP) is 4.25. The van der Waals surface area contributed by atoms with Crippen LogP contribution in [0.15, 0.2) is 60.7 Å². The summed E-state index contributed by atoms with van der Waals surface area (Å²) in [5, 5.41) is 11.9. The molecule has 2 aliphatic carbocycles. The van der Waals surface area contributed by atoms with Gasteiger partial charge in [0.05, 0.1) is 12.0 Å². The van der Waals surface area contributed by atoms with Crippen LogP contribution in [0.4, 0.5) is 0 Å². The molecule has 5 nitrogen and oxygen atoms in total. The van der Waals surface area contributed by atoms with Gasteiger partial charge in [0.2, 0.25) is 11.8 Å². The van der Waals surface area contributed by atoms with Crippen molar-refractivity contribution in [3.63, 3.8) is 0 Å². The number of likely N-dealkylation sites (tertiary alicyclic amines) is 1. The van der Waals surface area contributed by atoms with Gasteiger partial charge in [-0.15, -0.1) is 0 Å². The lowest BCUT2D eigenvalue weighted by Gasteiger charge is -2.42. The maximum atomic E-state index is 14.0. The summed E-state index contributed by atoms with van der Waals surface area (Å²) >= 11 is 3.84. The third-order valence-electron chi connectivity index (χ3n) is 8.46. The fourth-order valence-electron chi connectivity index (χ4n) is 6.93. The second kappa shape index (κ2) is 8.14. The first-order valence-electron chi connectivity index (χ1n) is 12.0. The molecule has 0 radical (unpaired) electrons. The van der Waals surface area contributed by atoms with Crippen molar-refractivity contribution >= 4 is 38.9 Å². The van der Waals surface area contributed by atoms with Crippen molar-refractivity contribution in [2.45, 2.75) is 43.5 Å². The number of alkyl halides is 1. The fraction of sp³-hybridized carbons (Fsp3) is 0.429. The van der Waals surface area contributed by atoms with Crippen LogP contribution in [-0.4, -0.2) is 45.3 Å². The molecule has 5 rings (SSSR count). The molecule has 6 heteroatoms. The Morgan fingerprint density at radius 2 is 1.47 bits per heavy atom. The van der Waals surface area contributed by atoms with Crippen molar-refractivity contribution in [3.8, 4) is 0 Å². The lowest BCUT2D eigenvalue weighted by atomic mass is 9.63. The quantitative estimate of drug-likeness (QED) is 0.323. The molecule has 5 atom stereocenters. The van der Waals surface area contributed by atoms with Gasteiger partial charge >= 0.3 is 0 Å². The maximum absolute atomic E-state index is 14.0. The van der Waals surface area contributed by atoms with Crippen LogP contribution < -0.4 is 5.73 Å². The summed E-state index contributed by atoms with van der Waals surface area (Å²) in [6.07, 6.45) is 1.56. The van der Waals surface area contributed by atoms with E-state index in [0.29, 0.717) is 13.1 Å². The van der Waals surface area contributed by atoms with E-state index >= 15 is 0 Å². The van der Waals surface area contributed by atoms with Crippen molar-refractivity contribution in [1.29, 1.82) is 0 Å². The average Bonchev–Trinajstić information content (AvgIpc) is 3.23. The molecule has 3 aliphatic rings. The Hall–Kier alpha value is -2.28. The van der Waals surface area contributed by atoms with Crippen LogP contribution in [0.1, 0.15) is 44.2 Å². The van der Waals surface area contributed by atoms with Gasteiger partial charge < -0.3 is 10.8 Å². The normalized spacial score (nSPS) is 34.3. The van der Waals surface area contributed by atoms with Gasteiger partial charge in [-0.05, 0) is 41.7 Å². The van der Waals surface area contributed by atoms with E-state index in [1.54, 1.807) is 0 Å². The summed E-state index contributed by atoms with van der Waals surface area (Å²) in [4.78, 5) is 29.3. The number of aliphatic hydroxyl groups excluding tert-OH is 1. The van der Waals surface area contributed by atoms with Gasteiger partial charge in [-0.1, -0.05) is 96.9 Å². The number of aliphatic hydroxyl groups is 1. The Balaban J connectivity index is 1.72. The van der Waals surface area contributed by atoms with Gasteiger partial charge in [0, 0.05) is 17.4 Å².